The lowest BCUT2D eigenvalue weighted by Gasteiger charge is -2.67. The molecule has 2 aromatic carbocycles. The van der Waals surface area contributed by atoms with Gasteiger partial charge in [-0.05, 0) is 36.8 Å². The lowest BCUT2D eigenvalue weighted by molar-refractivity contribution is -0.340. The Kier molecular flexibility index (Phi) is 7.98. The van der Waals surface area contributed by atoms with Crippen LogP contribution in [0.25, 0.3) is 0 Å². The molecule has 3 fully saturated rings. The lowest BCUT2D eigenvalue weighted by atomic mass is 9.45. The number of benzene rings is 2. The molecule has 2 unspecified atom stereocenters. The number of ketones is 1. The zero-order chi connectivity index (χ0) is 34.1. The van der Waals surface area contributed by atoms with Crippen molar-refractivity contribution in [3.63, 3.8) is 0 Å². The molecule has 9 atom stereocenters. The van der Waals surface area contributed by atoms with Crippen molar-refractivity contribution in [1.82, 2.24) is 0 Å². The molecular weight excluding hydrogens is 608 g/mol. The Morgan fingerprint density at radius 2 is 1.49 bits per heavy atom. The van der Waals surface area contributed by atoms with Crippen LogP contribution in [0.15, 0.2) is 72.0 Å². The van der Waals surface area contributed by atoms with Gasteiger partial charge in [0.15, 0.2) is 11.4 Å². The third-order valence-electron chi connectivity index (χ3n) is 11.2. The van der Waals surface area contributed by atoms with E-state index < -0.39 is 87.7 Å². The van der Waals surface area contributed by atoms with Crippen molar-refractivity contribution in [1.29, 1.82) is 0 Å². The number of hydrogen-bond acceptors (Lipinski definition) is 11. The lowest BCUT2D eigenvalue weighted by Crippen LogP contribution is -2.81. The number of rotatable bonds is 5. The van der Waals surface area contributed by atoms with Crippen molar-refractivity contribution in [2.45, 2.75) is 83.1 Å². The first-order valence-corrected chi connectivity index (χ1v) is 15.8. The molecule has 11 nitrogen and oxygen atoms in total. The van der Waals surface area contributed by atoms with Gasteiger partial charge in [0.05, 0.1) is 41.3 Å². The summed E-state index contributed by atoms with van der Waals surface area (Å²) in [6.07, 6.45) is -5.83. The molecule has 3 aliphatic carbocycles. The summed E-state index contributed by atoms with van der Waals surface area (Å²) in [5.41, 5.74) is -6.77. The number of esters is 3. The SMILES string of the molecule is CC(=O)OC1=C2C(C)[C@@H](O)C[C@@](O)([C@@H](OC(=O)c3ccccc3)C3[C@](C)(C1=O)[C@@H](O)C[C@H]1OC[C@@]31OC(=O)c1ccccc1)C2(C)C. The maximum absolute atomic E-state index is 15.0. The van der Waals surface area contributed by atoms with Crippen molar-refractivity contribution in [3.8, 4) is 0 Å². The maximum Gasteiger partial charge on any atom is 0.338 e. The Morgan fingerprint density at radius 3 is 2.02 bits per heavy atom. The summed E-state index contributed by atoms with van der Waals surface area (Å²) in [4.78, 5) is 55.3. The van der Waals surface area contributed by atoms with Gasteiger partial charge in [-0.2, -0.15) is 0 Å². The van der Waals surface area contributed by atoms with Gasteiger partial charge < -0.3 is 34.3 Å². The van der Waals surface area contributed by atoms with Crippen molar-refractivity contribution >= 4 is 23.7 Å². The fourth-order valence-corrected chi connectivity index (χ4v) is 8.43. The van der Waals surface area contributed by atoms with Gasteiger partial charge in [0.25, 0.3) is 0 Å². The van der Waals surface area contributed by atoms with Crippen molar-refractivity contribution < 1.29 is 53.4 Å². The van der Waals surface area contributed by atoms with E-state index in [4.69, 9.17) is 18.9 Å². The summed E-state index contributed by atoms with van der Waals surface area (Å²) in [5, 5.41) is 36.4. The molecule has 4 aliphatic rings. The monoisotopic (exact) mass is 648 g/mol. The summed E-state index contributed by atoms with van der Waals surface area (Å²) >= 11 is 0. The number of carbonyl (C=O) groups is 4. The molecule has 11 heteroatoms. The van der Waals surface area contributed by atoms with Crippen LogP contribution in [-0.2, 0) is 28.5 Å². The van der Waals surface area contributed by atoms with Gasteiger partial charge in [-0.1, -0.05) is 57.2 Å². The molecule has 0 spiro atoms. The quantitative estimate of drug-likeness (QED) is 0.322. The van der Waals surface area contributed by atoms with Crippen molar-refractivity contribution in [2.24, 2.45) is 22.7 Å². The highest BCUT2D eigenvalue weighted by Gasteiger charge is 2.78. The van der Waals surface area contributed by atoms with E-state index in [0.717, 1.165) is 6.92 Å². The summed E-state index contributed by atoms with van der Waals surface area (Å²) in [6, 6.07) is 16.2. The molecule has 1 saturated heterocycles. The molecule has 3 N–H and O–H groups in total. The van der Waals surface area contributed by atoms with E-state index in [1.807, 2.05) is 0 Å². The minimum absolute atomic E-state index is 0.147. The highest BCUT2D eigenvalue weighted by atomic mass is 16.6. The molecule has 47 heavy (non-hydrogen) atoms. The van der Waals surface area contributed by atoms with Crippen molar-refractivity contribution in [3.05, 3.63) is 83.1 Å². The summed E-state index contributed by atoms with van der Waals surface area (Å²) in [5.74, 6) is -5.84. The van der Waals surface area contributed by atoms with E-state index in [1.165, 1.54) is 19.1 Å². The maximum atomic E-state index is 15.0. The van der Waals surface area contributed by atoms with Gasteiger partial charge in [0, 0.05) is 31.1 Å². The Hall–Kier alpha value is -3.90. The number of fused-ring (bicyclic) bond motifs is 5. The predicted octanol–water partition coefficient (Wildman–Crippen LogP) is 3.15. The number of Topliss-reactive ketones (excluding diaryl/α,β-unsaturated/α-hetero) is 1. The molecule has 0 radical (unpaired) electrons. The molecule has 0 amide bonds. The Labute approximate surface area is 272 Å². The van der Waals surface area contributed by atoms with Gasteiger partial charge in [-0.3, -0.25) is 9.59 Å². The van der Waals surface area contributed by atoms with E-state index in [0.29, 0.717) is 0 Å². The Morgan fingerprint density at radius 1 is 0.915 bits per heavy atom. The van der Waals surface area contributed by atoms with E-state index in [1.54, 1.807) is 69.3 Å². The minimum atomic E-state index is -2.15. The number of ether oxygens (including phenoxy) is 4. The van der Waals surface area contributed by atoms with E-state index in [9.17, 15) is 29.7 Å². The van der Waals surface area contributed by atoms with Crippen LogP contribution in [0.5, 0.6) is 0 Å². The summed E-state index contributed by atoms with van der Waals surface area (Å²) in [7, 11) is 0. The first-order valence-electron chi connectivity index (χ1n) is 15.8. The van der Waals surface area contributed by atoms with Crippen LogP contribution >= 0.6 is 0 Å². The van der Waals surface area contributed by atoms with Crippen LogP contribution in [0.4, 0.5) is 0 Å². The van der Waals surface area contributed by atoms with Gasteiger partial charge in [0.1, 0.15) is 17.8 Å². The van der Waals surface area contributed by atoms with Gasteiger partial charge in [0.2, 0.25) is 5.78 Å². The number of carbonyl (C=O) groups excluding carboxylic acids is 4. The number of allylic oxidation sites excluding steroid dienone is 1. The summed E-state index contributed by atoms with van der Waals surface area (Å²) < 4.78 is 24.1. The minimum Gasteiger partial charge on any atom is -0.455 e. The van der Waals surface area contributed by atoms with E-state index in [2.05, 4.69) is 0 Å². The zero-order valence-electron chi connectivity index (χ0n) is 27.0. The number of hydrogen-bond donors (Lipinski definition) is 3. The highest BCUT2D eigenvalue weighted by molar-refractivity contribution is 6.02. The Balaban J connectivity index is 1.65. The molecule has 6 rings (SSSR count). The average Bonchev–Trinajstić information content (AvgIpc) is 3.03. The molecule has 0 aromatic heterocycles. The third-order valence-corrected chi connectivity index (χ3v) is 11.2. The largest absolute Gasteiger partial charge is 0.455 e. The van der Waals surface area contributed by atoms with Crippen LogP contribution in [0, 0.1) is 22.7 Å². The van der Waals surface area contributed by atoms with Crippen LogP contribution in [0.3, 0.4) is 0 Å². The summed E-state index contributed by atoms with van der Waals surface area (Å²) in [6.45, 7) is 7.24. The molecule has 2 saturated carbocycles. The predicted molar refractivity (Wildman–Crippen MR) is 165 cm³/mol. The fourth-order valence-electron chi connectivity index (χ4n) is 8.43. The normalized spacial score (nSPS) is 37.2. The topological polar surface area (TPSA) is 166 Å². The second-order valence-corrected chi connectivity index (χ2v) is 14.0. The fraction of sp³-hybridized carbons (Fsp3) is 0.500. The van der Waals surface area contributed by atoms with Crippen LogP contribution in [-0.4, -0.2) is 81.2 Å². The van der Waals surface area contributed by atoms with Crippen LogP contribution in [0.1, 0.15) is 68.2 Å². The molecule has 1 heterocycles. The van der Waals surface area contributed by atoms with Gasteiger partial charge in [-0.15, -0.1) is 0 Å². The molecule has 2 bridgehead atoms. The first-order chi connectivity index (χ1) is 22.1. The third kappa shape index (κ3) is 4.77. The smallest absolute Gasteiger partial charge is 0.338 e. The second-order valence-electron chi connectivity index (χ2n) is 14.0. The molecule has 250 valence electrons. The van der Waals surface area contributed by atoms with E-state index in [-0.39, 0.29) is 36.1 Å². The van der Waals surface area contributed by atoms with Gasteiger partial charge in [-0.25, -0.2) is 9.59 Å². The van der Waals surface area contributed by atoms with Crippen LogP contribution in [0.2, 0.25) is 0 Å². The second kappa shape index (κ2) is 11.4. The van der Waals surface area contributed by atoms with E-state index >= 15 is 4.79 Å². The standard InChI is InChI=1S/C36H40O11/c1-19-23(38)17-36(43)30(46-31(41)21-12-8-6-9-13-21)28-34(5,29(40)27(45-20(2)37)26(19)33(36,3)4)24(39)16-25-35(28,18-44-25)47-32(42)22-14-10-7-11-15-22/h6-15,19,23-25,28,30,38-39,43H,16-18H2,1-5H3/t19?,23-,24-,25+,28?,30-,34+,35-,36+/m0/s1. The number of aliphatic hydroxyl groups excluding tert-OH is 2. The van der Waals surface area contributed by atoms with Crippen molar-refractivity contribution in [2.75, 3.05) is 6.61 Å². The molecule has 1 aliphatic heterocycles. The Bertz CT molecular complexity index is 1630. The first kappa shape index (κ1) is 33.0. The molecule has 2 aromatic rings. The average molecular weight is 649 g/mol. The van der Waals surface area contributed by atoms with Crippen LogP contribution < -0.4 is 0 Å². The highest BCUT2D eigenvalue weighted by Crippen LogP contribution is 2.64. The van der Waals surface area contributed by atoms with Gasteiger partial charge >= 0.3 is 17.9 Å². The zero-order valence-corrected chi connectivity index (χ0v) is 27.0. The number of aliphatic hydroxyl groups is 3. The molecular formula is C36H40O11.